The predicted molar refractivity (Wildman–Crippen MR) is 80.1 cm³/mol. The maximum absolute atomic E-state index is 11.7. The minimum absolute atomic E-state index is 0.0857. The Bertz CT molecular complexity index is 625. The summed E-state index contributed by atoms with van der Waals surface area (Å²) in [6.07, 6.45) is 5.36. The molecule has 0 saturated carbocycles. The van der Waals surface area contributed by atoms with E-state index in [-0.39, 0.29) is 18.4 Å². The van der Waals surface area contributed by atoms with Gasteiger partial charge in [-0.2, -0.15) is 0 Å². The molecule has 0 atom stereocenters. The van der Waals surface area contributed by atoms with Crippen LogP contribution in [0.4, 0.5) is 5.82 Å². The molecule has 0 aromatic carbocycles. The van der Waals surface area contributed by atoms with Crippen molar-refractivity contribution in [1.82, 2.24) is 15.5 Å². The van der Waals surface area contributed by atoms with Crippen molar-refractivity contribution in [2.24, 2.45) is 0 Å². The van der Waals surface area contributed by atoms with Crippen molar-refractivity contribution in [1.29, 1.82) is 0 Å². The number of nitrogens with zero attached hydrogens (tertiary/aromatic N) is 2. The van der Waals surface area contributed by atoms with Crippen molar-refractivity contribution < 1.29 is 14.1 Å². The fourth-order valence-electron chi connectivity index (χ4n) is 1.88. The lowest BCUT2D eigenvalue weighted by Crippen LogP contribution is -2.32. The molecule has 2 heterocycles. The third-order valence-corrected chi connectivity index (χ3v) is 2.93. The summed E-state index contributed by atoms with van der Waals surface area (Å²) in [7, 11) is 0. The van der Waals surface area contributed by atoms with E-state index < -0.39 is 0 Å². The Hall–Kier alpha value is -2.70. The molecule has 0 aliphatic carbocycles. The van der Waals surface area contributed by atoms with E-state index in [0.717, 1.165) is 12.0 Å². The van der Waals surface area contributed by atoms with Crippen LogP contribution in [-0.2, 0) is 16.0 Å². The van der Waals surface area contributed by atoms with Gasteiger partial charge in [-0.3, -0.25) is 14.6 Å². The second-order valence-electron chi connectivity index (χ2n) is 4.86. The van der Waals surface area contributed by atoms with E-state index in [4.69, 9.17) is 4.52 Å². The van der Waals surface area contributed by atoms with Crippen molar-refractivity contribution in [3.05, 3.63) is 41.9 Å². The van der Waals surface area contributed by atoms with Crippen LogP contribution >= 0.6 is 0 Å². The van der Waals surface area contributed by atoms with Crippen LogP contribution in [-0.4, -0.2) is 28.5 Å². The van der Waals surface area contributed by atoms with E-state index >= 15 is 0 Å². The van der Waals surface area contributed by atoms with E-state index in [1.165, 1.54) is 0 Å². The van der Waals surface area contributed by atoms with E-state index in [0.29, 0.717) is 24.4 Å². The summed E-state index contributed by atoms with van der Waals surface area (Å²) in [4.78, 5) is 27.3. The molecule has 2 amide bonds. The van der Waals surface area contributed by atoms with Crippen molar-refractivity contribution >= 4 is 17.6 Å². The number of amides is 2. The van der Waals surface area contributed by atoms with Crippen molar-refractivity contribution in [3.8, 4) is 0 Å². The number of carbonyl (C=O) groups is 2. The minimum Gasteiger partial charge on any atom is -0.360 e. The molecular weight excluding hydrogens is 284 g/mol. The lowest BCUT2D eigenvalue weighted by molar-refractivity contribution is -0.124. The topological polar surface area (TPSA) is 97.1 Å². The van der Waals surface area contributed by atoms with Gasteiger partial charge in [-0.1, -0.05) is 11.2 Å². The zero-order valence-electron chi connectivity index (χ0n) is 12.3. The molecule has 2 aromatic rings. The van der Waals surface area contributed by atoms with Gasteiger partial charge in [-0.15, -0.1) is 0 Å². The summed E-state index contributed by atoms with van der Waals surface area (Å²) < 4.78 is 4.83. The zero-order valence-corrected chi connectivity index (χ0v) is 12.3. The highest BCUT2D eigenvalue weighted by Crippen LogP contribution is 2.06. The van der Waals surface area contributed by atoms with E-state index in [2.05, 4.69) is 20.8 Å². The van der Waals surface area contributed by atoms with Crippen LogP contribution in [0.15, 0.2) is 35.1 Å². The summed E-state index contributed by atoms with van der Waals surface area (Å²) in [5, 5.41) is 8.74. The highest BCUT2D eigenvalue weighted by molar-refractivity contribution is 5.93. The molecule has 0 bridgehead atoms. The number of aryl methyl sites for hydroxylation is 2. The number of hydrogen-bond acceptors (Lipinski definition) is 5. The molecule has 2 aromatic heterocycles. The molecule has 2 rings (SSSR count). The maximum Gasteiger partial charge on any atom is 0.245 e. The van der Waals surface area contributed by atoms with Gasteiger partial charge in [0.25, 0.3) is 0 Å². The third-order valence-electron chi connectivity index (χ3n) is 2.93. The highest BCUT2D eigenvalue weighted by atomic mass is 16.5. The van der Waals surface area contributed by atoms with E-state index in [1.54, 1.807) is 25.4 Å². The Kier molecular flexibility index (Phi) is 5.65. The van der Waals surface area contributed by atoms with Crippen LogP contribution in [0.5, 0.6) is 0 Å². The van der Waals surface area contributed by atoms with E-state index in [9.17, 15) is 9.59 Å². The number of rotatable bonds is 7. The van der Waals surface area contributed by atoms with Crippen LogP contribution in [0.1, 0.15) is 24.2 Å². The van der Waals surface area contributed by atoms with Crippen molar-refractivity contribution in [2.45, 2.75) is 26.2 Å². The van der Waals surface area contributed by atoms with Crippen LogP contribution in [0.2, 0.25) is 0 Å². The molecule has 0 fully saturated rings. The Morgan fingerprint density at radius 2 is 2.18 bits per heavy atom. The lowest BCUT2D eigenvalue weighted by Gasteiger charge is -2.05. The quantitative estimate of drug-likeness (QED) is 0.807. The van der Waals surface area contributed by atoms with Crippen LogP contribution in [0, 0.1) is 6.92 Å². The van der Waals surface area contributed by atoms with Gasteiger partial charge in [0, 0.05) is 24.9 Å². The first kappa shape index (κ1) is 15.7. The molecule has 2 N–H and O–H groups in total. The Labute approximate surface area is 128 Å². The zero-order chi connectivity index (χ0) is 15.8. The lowest BCUT2D eigenvalue weighted by atomic mass is 10.1. The molecule has 0 aliphatic heterocycles. The number of pyridine rings is 1. The second kappa shape index (κ2) is 7.92. The molecule has 22 heavy (non-hydrogen) atoms. The molecule has 7 nitrogen and oxygen atoms in total. The van der Waals surface area contributed by atoms with Crippen molar-refractivity contribution in [3.63, 3.8) is 0 Å². The van der Waals surface area contributed by atoms with Crippen LogP contribution in [0.25, 0.3) is 0 Å². The summed E-state index contributed by atoms with van der Waals surface area (Å²) in [6, 6.07) is 5.44. The van der Waals surface area contributed by atoms with Gasteiger partial charge in [0.1, 0.15) is 5.76 Å². The van der Waals surface area contributed by atoms with Crippen LogP contribution < -0.4 is 10.6 Å². The first-order chi connectivity index (χ1) is 10.6. The Morgan fingerprint density at radius 1 is 1.32 bits per heavy atom. The fourth-order valence-corrected chi connectivity index (χ4v) is 1.88. The number of hydrogen-bond donors (Lipinski definition) is 2. The normalized spacial score (nSPS) is 10.2. The standard InChI is InChI=1S/C15H18N4O3/c1-11-8-13(19-22-11)18-15(21)10-17-14(20)6-2-4-12-5-3-7-16-9-12/h3,5,7-9H,2,4,6,10H2,1H3,(H,17,20)(H,18,19,21). The monoisotopic (exact) mass is 302 g/mol. The second-order valence-corrected chi connectivity index (χ2v) is 4.86. The average molecular weight is 302 g/mol. The number of aromatic nitrogens is 2. The summed E-state index contributed by atoms with van der Waals surface area (Å²) in [5.74, 6) is 0.451. The van der Waals surface area contributed by atoms with Gasteiger partial charge < -0.3 is 15.2 Å². The number of nitrogens with one attached hydrogen (secondary N) is 2. The Morgan fingerprint density at radius 3 is 2.86 bits per heavy atom. The van der Waals surface area contributed by atoms with Gasteiger partial charge in [0.2, 0.25) is 11.8 Å². The maximum atomic E-state index is 11.7. The third kappa shape index (κ3) is 5.35. The average Bonchev–Trinajstić information content (AvgIpc) is 2.91. The van der Waals surface area contributed by atoms with Gasteiger partial charge in [0.05, 0.1) is 6.54 Å². The molecule has 0 saturated heterocycles. The highest BCUT2D eigenvalue weighted by Gasteiger charge is 2.08. The smallest absolute Gasteiger partial charge is 0.245 e. The van der Waals surface area contributed by atoms with Gasteiger partial charge >= 0.3 is 0 Å². The van der Waals surface area contributed by atoms with Crippen molar-refractivity contribution in [2.75, 3.05) is 11.9 Å². The predicted octanol–water partition coefficient (Wildman–Crippen LogP) is 1.46. The summed E-state index contributed by atoms with van der Waals surface area (Å²) in [5.41, 5.74) is 1.09. The number of carbonyl (C=O) groups excluding carboxylic acids is 2. The number of anilines is 1. The molecular formula is C15H18N4O3. The molecule has 0 radical (unpaired) electrons. The molecule has 0 aliphatic rings. The molecule has 116 valence electrons. The Balaban J connectivity index is 1.62. The summed E-state index contributed by atoms with van der Waals surface area (Å²) >= 11 is 0. The fraction of sp³-hybridized carbons (Fsp3) is 0.333. The first-order valence-corrected chi connectivity index (χ1v) is 7.02. The van der Waals surface area contributed by atoms with E-state index in [1.807, 2.05) is 12.1 Å². The van der Waals surface area contributed by atoms with Gasteiger partial charge in [0.15, 0.2) is 5.82 Å². The SMILES string of the molecule is Cc1cc(NC(=O)CNC(=O)CCCc2cccnc2)no1. The van der Waals surface area contributed by atoms with Gasteiger partial charge in [-0.25, -0.2) is 0 Å². The molecule has 7 heteroatoms. The largest absolute Gasteiger partial charge is 0.360 e. The molecule has 0 spiro atoms. The first-order valence-electron chi connectivity index (χ1n) is 7.02. The van der Waals surface area contributed by atoms with Gasteiger partial charge in [-0.05, 0) is 31.4 Å². The summed E-state index contributed by atoms with van der Waals surface area (Å²) in [6.45, 7) is 1.64. The van der Waals surface area contributed by atoms with Crippen LogP contribution in [0.3, 0.4) is 0 Å². The molecule has 0 unspecified atom stereocenters. The minimum atomic E-state index is -0.339.